The minimum absolute atomic E-state index is 0.178. The van der Waals surface area contributed by atoms with Crippen LogP contribution in [0.15, 0.2) is 28.8 Å². The molecular weight excluding hydrogens is 333 g/mol. The van der Waals surface area contributed by atoms with Crippen molar-refractivity contribution in [2.45, 2.75) is 64.0 Å². The fraction of sp³-hybridized carbons (Fsp3) is 0.500. The van der Waals surface area contributed by atoms with E-state index in [0.29, 0.717) is 12.4 Å². The van der Waals surface area contributed by atoms with Crippen LogP contribution in [0.25, 0.3) is 0 Å². The molecule has 0 bridgehead atoms. The Labute approximate surface area is 152 Å². The van der Waals surface area contributed by atoms with Gasteiger partial charge in [0.25, 0.3) is 0 Å². The SMILES string of the molecule is O=C(Nc1noc2c1CCCC2)N(Cc1cccc(F)c1)C1CCCC1. The number of nitrogens with zero attached hydrogens (tertiary/aromatic N) is 2. The lowest BCUT2D eigenvalue weighted by Crippen LogP contribution is -2.41. The number of hydrogen-bond donors (Lipinski definition) is 1. The maximum atomic E-state index is 13.5. The number of rotatable bonds is 4. The van der Waals surface area contributed by atoms with Crippen molar-refractivity contribution in [2.75, 3.05) is 5.32 Å². The third kappa shape index (κ3) is 3.59. The highest BCUT2D eigenvalue weighted by molar-refractivity contribution is 5.89. The van der Waals surface area contributed by atoms with Gasteiger partial charge in [0, 0.05) is 24.6 Å². The van der Waals surface area contributed by atoms with Crippen LogP contribution in [-0.2, 0) is 19.4 Å². The topological polar surface area (TPSA) is 58.4 Å². The lowest BCUT2D eigenvalue weighted by molar-refractivity contribution is 0.184. The number of halogens is 1. The van der Waals surface area contributed by atoms with Crippen LogP contribution < -0.4 is 5.32 Å². The zero-order valence-electron chi connectivity index (χ0n) is 14.8. The van der Waals surface area contributed by atoms with Crippen LogP contribution in [0.1, 0.15) is 55.4 Å². The van der Waals surface area contributed by atoms with Crippen LogP contribution in [-0.4, -0.2) is 22.1 Å². The molecule has 26 heavy (non-hydrogen) atoms. The van der Waals surface area contributed by atoms with Crippen molar-refractivity contribution in [1.82, 2.24) is 10.1 Å². The number of hydrogen-bond acceptors (Lipinski definition) is 3. The van der Waals surface area contributed by atoms with Crippen LogP contribution >= 0.6 is 0 Å². The van der Waals surface area contributed by atoms with E-state index in [9.17, 15) is 9.18 Å². The van der Waals surface area contributed by atoms with Gasteiger partial charge in [0.2, 0.25) is 0 Å². The van der Waals surface area contributed by atoms with Gasteiger partial charge in [-0.2, -0.15) is 0 Å². The minimum atomic E-state index is -0.278. The van der Waals surface area contributed by atoms with E-state index in [0.717, 1.165) is 68.3 Å². The predicted octanol–water partition coefficient (Wildman–Crippen LogP) is 4.67. The van der Waals surface area contributed by atoms with E-state index in [1.54, 1.807) is 6.07 Å². The van der Waals surface area contributed by atoms with Gasteiger partial charge in [0.05, 0.1) is 0 Å². The average Bonchev–Trinajstić information content (AvgIpc) is 3.30. The summed E-state index contributed by atoms with van der Waals surface area (Å²) in [6, 6.07) is 6.46. The Bertz CT molecular complexity index is 783. The Kier molecular flexibility index (Phi) is 4.91. The summed E-state index contributed by atoms with van der Waals surface area (Å²) >= 11 is 0. The van der Waals surface area contributed by atoms with Gasteiger partial charge in [-0.15, -0.1) is 0 Å². The molecule has 0 aliphatic heterocycles. The second-order valence-electron chi connectivity index (χ2n) is 7.27. The number of carbonyl (C=O) groups is 1. The largest absolute Gasteiger partial charge is 0.359 e. The Morgan fingerprint density at radius 3 is 2.85 bits per heavy atom. The quantitative estimate of drug-likeness (QED) is 0.865. The van der Waals surface area contributed by atoms with Crippen molar-refractivity contribution >= 4 is 11.8 Å². The third-order valence-corrected chi connectivity index (χ3v) is 5.44. The highest BCUT2D eigenvalue weighted by atomic mass is 19.1. The summed E-state index contributed by atoms with van der Waals surface area (Å²) in [4.78, 5) is 14.8. The molecule has 2 aliphatic rings. The second kappa shape index (κ2) is 7.48. The molecule has 2 aliphatic carbocycles. The molecule has 4 rings (SSSR count). The minimum Gasteiger partial charge on any atom is -0.359 e. The Morgan fingerprint density at radius 2 is 2.04 bits per heavy atom. The van der Waals surface area contributed by atoms with E-state index in [4.69, 9.17) is 4.52 Å². The summed E-state index contributed by atoms with van der Waals surface area (Å²) < 4.78 is 18.9. The molecule has 2 aromatic rings. The molecule has 0 saturated heterocycles. The Morgan fingerprint density at radius 1 is 1.23 bits per heavy atom. The molecule has 0 spiro atoms. The van der Waals surface area contributed by atoms with Crippen molar-refractivity contribution in [3.05, 3.63) is 47.0 Å². The van der Waals surface area contributed by atoms with Crippen LogP contribution in [0.3, 0.4) is 0 Å². The first-order chi connectivity index (χ1) is 12.7. The van der Waals surface area contributed by atoms with E-state index in [-0.39, 0.29) is 17.9 Å². The molecule has 1 aromatic heterocycles. The average molecular weight is 357 g/mol. The highest BCUT2D eigenvalue weighted by Gasteiger charge is 2.29. The molecule has 1 fully saturated rings. The van der Waals surface area contributed by atoms with E-state index >= 15 is 0 Å². The molecule has 0 radical (unpaired) electrons. The number of fused-ring (bicyclic) bond motifs is 1. The lowest BCUT2D eigenvalue weighted by Gasteiger charge is -2.29. The van der Waals surface area contributed by atoms with Crippen molar-refractivity contribution in [3.63, 3.8) is 0 Å². The summed E-state index contributed by atoms with van der Waals surface area (Å²) in [5, 5.41) is 7.02. The molecule has 1 saturated carbocycles. The number of aryl methyl sites for hydroxylation is 1. The number of benzene rings is 1. The molecule has 1 N–H and O–H groups in total. The number of nitrogens with one attached hydrogen (secondary N) is 1. The lowest BCUT2D eigenvalue weighted by atomic mass is 9.98. The third-order valence-electron chi connectivity index (χ3n) is 5.44. The van der Waals surface area contributed by atoms with Crippen molar-refractivity contribution < 1.29 is 13.7 Å². The molecule has 5 nitrogen and oxygen atoms in total. The normalized spacial score (nSPS) is 17.1. The van der Waals surface area contributed by atoms with Crippen molar-refractivity contribution in [1.29, 1.82) is 0 Å². The smallest absolute Gasteiger partial charge is 0.323 e. The number of anilines is 1. The van der Waals surface area contributed by atoms with Crippen molar-refractivity contribution in [2.24, 2.45) is 0 Å². The molecule has 6 heteroatoms. The number of urea groups is 1. The van der Waals surface area contributed by atoms with Gasteiger partial charge >= 0.3 is 6.03 Å². The summed E-state index contributed by atoms with van der Waals surface area (Å²) in [5.41, 5.74) is 1.83. The van der Waals surface area contributed by atoms with E-state index < -0.39 is 0 Å². The monoisotopic (exact) mass is 357 g/mol. The fourth-order valence-electron chi connectivity index (χ4n) is 4.07. The summed E-state index contributed by atoms with van der Waals surface area (Å²) in [5.74, 6) is 1.16. The van der Waals surface area contributed by atoms with Crippen LogP contribution in [0.5, 0.6) is 0 Å². The zero-order valence-corrected chi connectivity index (χ0v) is 14.8. The van der Waals surface area contributed by atoms with E-state index in [1.165, 1.54) is 12.1 Å². The molecular formula is C20H24FN3O2. The van der Waals surface area contributed by atoms with Gasteiger partial charge < -0.3 is 9.42 Å². The van der Waals surface area contributed by atoms with E-state index in [2.05, 4.69) is 10.5 Å². The van der Waals surface area contributed by atoms with Gasteiger partial charge in [0.15, 0.2) is 5.82 Å². The number of amides is 2. The Hall–Kier alpha value is -2.37. The van der Waals surface area contributed by atoms with Gasteiger partial charge in [-0.1, -0.05) is 30.1 Å². The van der Waals surface area contributed by atoms with Gasteiger partial charge in [-0.25, -0.2) is 9.18 Å². The summed E-state index contributed by atoms with van der Waals surface area (Å²) in [7, 11) is 0. The fourth-order valence-corrected chi connectivity index (χ4v) is 4.07. The summed E-state index contributed by atoms with van der Waals surface area (Å²) in [6.45, 7) is 0.397. The molecule has 0 unspecified atom stereocenters. The molecule has 2 amide bonds. The van der Waals surface area contributed by atoms with Gasteiger partial charge in [-0.05, 0) is 49.8 Å². The first kappa shape index (κ1) is 17.1. The van der Waals surface area contributed by atoms with Crippen molar-refractivity contribution in [3.8, 4) is 0 Å². The standard InChI is InChI=1S/C20H24FN3O2/c21-15-7-5-6-14(12-15)13-24(16-8-1-2-9-16)20(25)22-19-17-10-3-4-11-18(17)26-23-19/h5-7,12,16H,1-4,8-11,13H2,(H,22,23,25). The maximum absolute atomic E-state index is 13.5. The van der Waals surface area contributed by atoms with Crippen LogP contribution in [0, 0.1) is 5.82 Å². The first-order valence-electron chi connectivity index (χ1n) is 9.50. The predicted molar refractivity (Wildman–Crippen MR) is 96.4 cm³/mol. The molecule has 1 heterocycles. The highest BCUT2D eigenvalue weighted by Crippen LogP contribution is 2.29. The molecule has 138 valence electrons. The summed E-state index contributed by atoms with van der Waals surface area (Å²) in [6.07, 6.45) is 8.18. The van der Waals surface area contributed by atoms with Crippen LogP contribution in [0.4, 0.5) is 15.0 Å². The number of aromatic nitrogens is 1. The number of carbonyl (C=O) groups excluding carboxylic acids is 1. The molecule has 1 aromatic carbocycles. The first-order valence-corrected chi connectivity index (χ1v) is 9.50. The van der Waals surface area contributed by atoms with Gasteiger partial charge in [-0.3, -0.25) is 5.32 Å². The zero-order chi connectivity index (χ0) is 17.9. The second-order valence-corrected chi connectivity index (χ2v) is 7.27. The maximum Gasteiger partial charge on any atom is 0.323 e. The van der Waals surface area contributed by atoms with Crippen LogP contribution in [0.2, 0.25) is 0 Å². The Balaban J connectivity index is 1.53. The van der Waals surface area contributed by atoms with E-state index in [1.807, 2.05) is 11.0 Å². The van der Waals surface area contributed by atoms with Gasteiger partial charge in [0.1, 0.15) is 11.6 Å². The molecule has 0 atom stereocenters.